The van der Waals surface area contributed by atoms with Crippen LogP contribution in [-0.2, 0) is 9.53 Å². The predicted molar refractivity (Wildman–Crippen MR) is 189 cm³/mol. The Labute approximate surface area is 296 Å². The van der Waals surface area contributed by atoms with Gasteiger partial charge in [0, 0.05) is 29.9 Å². The largest absolute Gasteiger partial charge is 0.475 e. The summed E-state index contributed by atoms with van der Waals surface area (Å²) in [5, 5.41) is 10.00. The lowest BCUT2D eigenvalue weighted by Crippen LogP contribution is -2.14. The van der Waals surface area contributed by atoms with Crippen molar-refractivity contribution in [3.63, 3.8) is 0 Å². The molecule has 0 aliphatic carbocycles. The molecule has 0 saturated heterocycles. The van der Waals surface area contributed by atoms with E-state index in [4.69, 9.17) is 20.2 Å². The number of pyridine rings is 4. The molecule has 4 heterocycles. The fraction of sp³-hybridized carbons (Fsp3) is 0.103. The van der Waals surface area contributed by atoms with Crippen molar-refractivity contribution in [3.8, 4) is 68.9 Å². The van der Waals surface area contributed by atoms with Crippen LogP contribution in [0.15, 0.2) is 103 Å². The Bertz CT molecular complexity index is 2320. The number of benzene rings is 2. The van der Waals surface area contributed by atoms with Crippen LogP contribution in [0.3, 0.4) is 0 Å². The molecular formula is C39H28F2N7O4+. The first-order valence-corrected chi connectivity index (χ1v) is 15.8. The number of nitrogens with zero attached hydrogens (tertiary/aromatic N) is 6. The zero-order valence-corrected chi connectivity index (χ0v) is 27.6. The van der Waals surface area contributed by atoms with E-state index in [1.807, 2.05) is 12.1 Å². The van der Waals surface area contributed by atoms with Crippen LogP contribution in [-0.4, -0.2) is 52.8 Å². The minimum Gasteiger partial charge on any atom is -0.475 e. The standard InChI is InChI=1S/C39H28F2N7O4/c1-50-37(49)23-52-38-31(20-43)29(24-5-9-26(40)10-6-24)18-36(47-38)34-14-13-28(21-46-34)45-22-32-30(25-7-11-27(41)12-8-25)19-35(33-4-2-3-16-44-33)48-39(32)51-17-15-42/h2-14,16,18-19,21H,15,17,23,42H2,1H3/q+1. The minimum atomic E-state index is -0.670. The Hall–Kier alpha value is -7.09. The molecule has 2 aromatic carbocycles. The Morgan fingerprint density at radius 1 is 0.788 bits per heavy atom. The van der Waals surface area contributed by atoms with Crippen LogP contribution in [0.4, 0.5) is 14.5 Å². The molecule has 256 valence electrons. The molecule has 6 aromatic rings. The lowest BCUT2D eigenvalue weighted by atomic mass is 9.99. The van der Waals surface area contributed by atoms with Gasteiger partial charge in [-0.3, -0.25) is 4.98 Å². The van der Waals surface area contributed by atoms with Crippen LogP contribution in [0.5, 0.6) is 11.8 Å². The molecule has 0 saturated carbocycles. The van der Waals surface area contributed by atoms with Gasteiger partial charge < -0.3 is 19.9 Å². The van der Waals surface area contributed by atoms with Crippen molar-refractivity contribution in [3.05, 3.63) is 131 Å². The zero-order valence-electron chi connectivity index (χ0n) is 27.6. The molecule has 0 spiro atoms. The summed E-state index contributed by atoms with van der Waals surface area (Å²) < 4.78 is 43.9. The van der Waals surface area contributed by atoms with Gasteiger partial charge in [-0.25, -0.2) is 28.5 Å². The molecule has 0 amide bonds. The van der Waals surface area contributed by atoms with Crippen molar-refractivity contribution in [1.82, 2.24) is 19.9 Å². The second-order valence-corrected chi connectivity index (χ2v) is 10.9. The average molecular weight is 697 g/mol. The molecule has 0 bridgehead atoms. The smallest absolute Gasteiger partial charge is 0.358 e. The van der Waals surface area contributed by atoms with Gasteiger partial charge in [-0.1, -0.05) is 30.3 Å². The van der Waals surface area contributed by atoms with Gasteiger partial charge in [-0.2, -0.15) is 5.26 Å². The topological polar surface area (TPSA) is 150 Å². The monoisotopic (exact) mass is 696 g/mol. The third kappa shape index (κ3) is 8.03. The van der Waals surface area contributed by atoms with E-state index in [0.717, 1.165) is 0 Å². The first-order chi connectivity index (χ1) is 25.4. The van der Waals surface area contributed by atoms with Crippen LogP contribution in [0, 0.1) is 29.0 Å². The number of carbonyl (C=O) groups is 1. The maximum Gasteiger partial charge on any atom is 0.358 e. The number of ether oxygens (including phenoxy) is 3. The lowest BCUT2D eigenvalue weighted by Gasteiger charge is -2.12. The normalized spacial score (nSPS) is 10.4. The van der Waals surface area contributed by atoms with Crippen molar-refractivity contribution in [2.75, 3.05) is 26.9 Å². The average Bonchev–Trinajstić information content (AvgIpc) is 3.19. The third-order valence-corrected chi connectivity index (χ3v) is 7.54. The van der Waals surface area contributed by atoms with Gasteiger partial charge in [0.15, 0.2) is 12.2 Å². The highest BCUT2D eigenvalue weighted by Crippen LogP contribution is 2.35. The number of nitriles is 1. The fourth-order valence-corrected chi connectivity index (χ4v) is 5.03. The SMILES string of the molecule is COC(=O)COc1nc(-c2ccc([N+]#Cc3c(-c4ccc(F)cc4)cc(-c4ccccn4)nc3OCCN)cn2)cc(-c2ccc(F)cc2)c1C#N. The van der Waals surface area contributed by atoms with E-state index < -0.39 is 24.2 Å². The van der Waals surface area contributed by atoms with Crippen molar-refractivity contribution >= 4 is 11.7 Å². The van der Waals surface area contributed by atoms with Crippen LogP contribution >= 0.6 is 0 Å². The van der Waals surface area contributed by atoms with Crippen molar-refractivity contribution in [2.24, 2.45) is 5.73 Å². The predicted octanol–water partition coefficient (Wildman–Crippen LogP) is 6.99. The van der Waals surface area contributed by atoms with E-state index in [2.05, 4.69) is 36.7 Å². The highest BCUT2D eigenvalue weighted by molar-refractivity contribution is 5.79. The summed E-state index contributed by atoms with van der Waals surface area (Å²) >= 11 is 0. The Morgan fingerprint density at radius 2 is 1.40 bits per heavy atom. The maximum atomic E-state index is 13.9. The quantitative estimate of drug-likeness (QED) is 0.149. The molecule has 13 heteroatoms. The fourth-order valence-electron chi connectivity index (χ4n) is 5.03. The lowest BCUT2D eigenvalue weighted by molar-refractivity contribution is -0.143. The number of methoxy groups -OCH3 is 1. The molecular weight excluding hydrogens is 668 g/mol. The Kier molecular flexibility index (Phi) is 10.7. The van der Waals surface area contributed by atoms with Crippen LogP contribution < -0.4 is 15.2 Å². The van der Waals surface area contributed by atoms with Gasteiger partial charge in [0.25, 0.3) is 0 Å². The van der Waals surface area contributed by atoms with Crippen LogP contribution in [0.25, 0.3) is 49.9 Å². The van der Waals surface area contributed by atoms with E-state index in [0.29, 0.717) is 56.3 Å². The van der Waals surface area contributed by atoms with Gasteiger partial charge in [-0.15, -0.1) is 0 Å². The third-order valence-electron chi connectivity index (χ3n) is 7.54. The molecule has 11 nitrogen and oxygen atoms in total. The molecule has 0 aliphatic heterocycles. The van der Waals surface area contributed by atoms with Gasteiger partial charge in [-0.05, 0) is 70.6 Å². The first kappa shape index (κ1) is 34.8. The Balaban J connectivity index is 1.41. The number of hydrogen-bond donors (Lipinski definition) is 1. The van der Waals surface area contributed by atoms with Crippen molar-refractivity contribution < 1.29 is 27.8 Å². The van der Waals surface area contributed by atoms with Gasteiger partial charge in [0.1, 0.15) is 36.1 Å². The summed E-state index contributed by atoms with van der Waals surface area (Å²) in [5.41, 5.74) is 10.6. The highest BCUT2D eigenvalue weighted by Gasteiger charge is 2.22. The summed E-state index contributed by atoms with van der Waals surface area (Å²) in [6.07, 6.45) is 3.14. The molecule has 6 rings (SSSR count). The van der Waals surface area contributed by atoms with E-state index in [1.54, 1.807) is 48.7 Å². The summed E-state index contributed by atoms with van der Waals surface area (Å²) in [4.78, 5) is 34.5. The van der Waals surface area contributed by atoms with Crippen molar-refractivity contribution in [2.45, 2.75) is 0 Å². The van der Waals surface area contributed by atoms with Crippen LogP contribution in [0.2, 0.25) is 0 Å². The zero-order chi connectivity index (χ0) is 36.5. The summed E-state index contributed by atoms with van der Waals surface area (Å²) in [6, 6.07) is 28.9. The van der Waals surface area contributed by atoms with E-state index >= 15 is 0 Å². The maximum absolute atomic E-state index is 13.9. The number of carbonyl (C=O) groups excluding carboxylic acids is 1. The molecule has 4 aromatic heterocycles. The summed E-state index contributed by atoms with van der Waals surface area (Å²) in [6.45, 7) is -0.101. The molecule has 0 radical (unpaired) electrons. The molecule has 52 heavy (non-hydrogen) atoms. The molecule has 0 aliphatic rings. The Morgan fingerprint density at radius 3 is 1.94 bits per heavy atom. The van der Waals surface area contributed by atoms with Gasteiger partial charge in [0.05, 0.1) is 29.9 Å². The van der Waals surface area contributed by atoms with Gasteiger partial charge in [0.2, 0.25) is 11.8 Å². The highest BCUT2D eigenvalue weighted by atomic mass is 19.1. The number of nitrogens with two attached hydrogens (primary N) is 1. The molecule has 0 fully saturated rings. The van der Waals surface area contributed by atoms with Gasteiger partial charge >= 0.3 is 17.7 Å². The second-order valence-electron chi connectivity index (χ2n) is 10.9. The number of rotatable bonds is 10. The van der Waals surface area contributed by atoms with Crippen molar-refractivity contribution in [1.29, 1.82) is 5.26 Å². The summed E-state index contributed by atoms with van der Waals surface area (Å²) in [7, 11) is 1.21. The molecule has 0 atom stereocenters. The van der Waals surface area contributed by atoms with E-state index in [-0.39, 0.29) is 30.5 Å². The minimum absolute atomic E-state index is 0.0439. The first-order valence-electron chi connectivity index (χ1n) is 15.8. The second kappa shape index (κ2) is 16.1. The molecule has 0 unspecified atom stereocenters. The number of hydrogen-bond acceptors (Lipinski definition) is 10. The molecule has 2 N–H and O–H groups in total. The van der Waals surface area contributed by atoms with Crippen LogP contribution in [0.1, 0.15) is 11.1 Å². The number of esters is 1. The summed E-state index contributed by atoms with van der Waals surface area (Å²) in [5.74, 6) is -1.43. The number of halogens is 2. The number of aromatic nitrogens is 4. The van der Waals surface area contributed by atoms with E-state index in [1.165, 1.54) is 49.7 Å². The van der Waals surface area contributed by atoms with E-state index in [9.17, 15) is 18.8 Å².